The van der Waals surface area contributed by atoms with Gasteiger partial charge in [-0.15, -0.1) is 11.3 Å². The summed E-state index contributed by atoms with van der Waals surface area (Å²) in [7, 11) is 0. The quantitative estimate of drug-likeness (QED) is 0.897. The molecule has 2 amide bonds. The van der Waals surface area contributed by atoms with E-state index in [2.05, 4.69) is 0 Å². The number of hydrogen-bond acceptors (Lipinski definition) is 3. The molecule has 0 saturated carbocycles. The van der Waals surface area contributed by atoms with Gasteiger partial charge in [-0.1, -0.05) is 0 Å². The molecule has 1 aliphatic rings. The van der Waals surface area contributed by atoms with E-state index in [-0.39, 0.29) is 17.7 Å². The number of carbonyl (C=O) groups is 2. The summed E-state index contributed by atoms with van der Waals surface area (Å²) in [6.45, 7) is 3.26. The van der Waals surface area contributed by atoms with Gasteiger partial charge in [0.25, 0.3) is 0 Å². The Labute approximate surface area is 111 Å². The van der Waals surface area contributed by atoms with Crippen LogP contribution in [0.4, 0.5) is 0 Å². The van der Waals surface area contributed by atoms with Gasteiger partial charge >= 0.3 is 0 Å². The normalized spacial score (nSPS) is 19.8. The second-order valence-corrected chi connectivity index (χ2v) is 6.14. The Balaban J connectivity index is 1.94. The SMILES string of the molecule is Cc1ccc(CC(=O)N2CCC[C@@H](C(N)=O)C2)s1. The van der Waals surface area contributed by atoms with Gasteiger partial charge in [0.1, 0.15) is 0 Å². The Hall–Kier alpha value is -1.36. The van der Waals surface area contributed by atoms with Gasteiger partial charge in [0.2, 0.25) is 11.8 Å². The number of thiophene rings is 1. The predicted octanol–water partition coefficient (Wildman–Crippen LogP) is 1.32. The first-order valence-corrected chi connectivity index (χ1v) is 7.00. The number of aryl methyl sites for hydroxylation is 1. The van der Waals surface area contributed by atoms with Crippen LogP contribution in [0.25, 0.3) is 0 Å². The van der Waals surface area contributed by atoms with Gasteiger partial charge in [0, 0.05) is 22.8 Å². The molecule has 2 rings (SSSR count). The third-order valence-corrected chi connectivity index (χ3v) is 4.30. The van der Waals surface area contributed by atoms with Gasteiger partial charge in [-0.05, 0) is 31.9 Å². The fourth-order valence-corrected chi connectivity index (χ4v) is 3.16. The molecule has 4 nitrogen and oxygen atoms in total. The molecule has 1 aromatic rings. The van der Waals surface area contributed by atoms with Crippen molar-refractivity contribution >= 4 is 23.2 Å². The topological polar surface area (TPSA) is 63.4 Å². The van der Waals surface area contributed by atoms with Crippen LogP contribution in [0.1, 0.15) is 22.6 Å². The van der Waals surface area contributed by atoms with Gasteiger partial charge < -0.3 is 10.6 Å². The fourth-order valence-electron chi connectivity index (χ4n) is 2.28. The minimum Gasteiger partial charge on any atom is -0.369 e. The molecule has 0 spiro atoms. The van der Waals surface area contributed by atoms with E-state index in [4.69, 9.17) is 5.73 Å². The van der Waals surface area contributed by atoms with Crippen LogP contribution in [-0.2, 0) is 16.0 Å². The number of likely N-dealkylation sites (tertiary alicyclic amines) is 1. The molecular weight excluding hydrogens is 248 g/mol. The Morgan fingerprint density at radius 2 is 2.28 bits per heavy atom. The van der Waals surface area contributed by atoms with Gasteiger partial charge in [-0.2, -0.15) is 0 Å². The summed E-state index contributed by atoms with van der Waals surface area (Å²) < 4.78 is 0. The Kier molecular flexibility index (Phi) is 4.01. The van der Waals surface area contributed by atoms with E-state index in [0.29, 0.717) is 13.0 Å². The van der Waals surface area contributed by atoms with Gasteiger partial charge in [0.15, 0.2) is 0 Å². The lowest BCUT2D eigenvalue weighted by Crippen LogP contribution is -2.44. The summed E-state index contributed by atoms with van der Waals surface area (Å²) in [5.41, 5.74) is 5.31. The highest BCUT2D eigenvalue weighted by atomic mass is 32.1. The number of nitrogens with two attached hydrogens (primary N) is 1. The second-order valence-electron chi connectivity index (χ2n) is 4.77. The molecule has 1 aliphatic heterocycles. The molecule has 0 unspecified atom stereocenters. The number of nitrogens with zero attached hydrogens (tertiary/aromatic N) is 1. The van der Waals surface area contributed by atoms with Crippen LogP contribution in [0.2, 0.25) is 0 Å². The van der Waals surface area contributed by atoms with Crippen molar-refractivity contribution in [3.05, 3.63) is 21.9 Å². The minimum atomic E-state index is -0.292. The molecule has 0 radical (unpaired) electrons. The number of rotatable bonds is 3. The smallest absolute Gasteiger partial charge is 0.227 e. The van der Waals surface area contributed by atoms with Crippen LogP contribution in [0.15, 0.2) is 12.1 Å². The van der Waals surface area contributed by atoms with Gasteiger partial charge in [-0.3, -0.25) is 9.59 Å². The van der Waals surface area contributed by atoms with Crippen LogP contribution < -0.4 is 5.73 Å². The van der Waals surface area contributed by atoms with E-state index in [1.165, 1.54) is 4.88 Å². The molecule has 2 heterocycles. The molecule has 18 heavy (non-hydrogen) atoms. The van der Waals surface area contributed by atoms with Crippen molar-refractivity contribution in [1.29, 1.82) is 0 Å². The zero-order valence-electron chi connectivity index (χ0n) is 10.5. The van der Waals surface area contributed by atoms with E-state index >= 15 is 0 Å². The largest absolute Gasteiger partial charge is 0.369 e. The minimum absolute atomic E-state index is 0.0998. The van der Waals surface area contributed by atoms with Crippen molar-refractivity contribution in [2.75, 3.05) is 13.1 Å². The van der Waals surface area contributed by atoms with Crippen molar-refractivity contribution in [3.63, 3.8) is 0 Å². The maximum absolute atomic E-state index is 12.1. The molecule has 98 valence electrons. The highest BCUT2D eigenvalue weighted by Gasteiger charge is 2.26. The van der Waals surface area contributed by atoms with Crippen molar-refractivity contribution < 1.29 is 9.59 Å². The standard InChI is InChI=1S/C13H18N2O2S/c1-9-4-5-11(18-9)7-12(16)15-6-2-3-10(8-15)13(14)17/h4-5,10H,2-3,6-8H2,1H3,(H2,14,17)/t10-/m1/s1. The second kappa shape index (κ2) is 5.52. The lowest BCUT2D eigenvalue weighted by atomic mass is 9.97. The van der Waals surface area contributed by atoms with Crippen LogP contribution in [0.5, 0.6) is 0 Å². The average Bonchev–Trinajstić information content (AvgIpc) is 2.75. The molecule has 0 aliphatic carbocycles. The van der Waals surface area contributed by atoms with Crippen molar-refractivity contribution in [2.24, 2.45) is 11.7 Å². The summed E-state index contributed by atoms with van der Waals surface area (Å²) in [4.78, 5) is 27.4. The van der Waals surface area contributed by atoms with Gasteiger partial charge in [0.05, 0.1) is 12.3 Å². The number of piperidine rings is 1. The molecular formula is C13H18N2O2S. The Morgan fingerprint density at radius 3 is 2.89 bits per heavy atom. The molecule has 1 fully saturated rings. The van der Waals surface area contributed by atoms with E-state index in [9.17, 15) is 9.59 Å². The summed E-state index contributed by atoms with van der Waals surface area (Å²) in [5.74, 6) is -0.366. The van der Waals surface area contributed by atoms with Crippen LogP contribution in [0.3, 0.4) is 0 Å². The summed E-state index contributed by atoms with van der Waals surface area (Å²) in [5, 5.41) is 0. The zero-order valence-corrected chi connectivity index (χ0v) is 11.3. The lowest BCUT2D eigenvalue weighted by molar-refractivity contribution is -0.134. The molecule has 1 atom stereocenters. The molecule has 1 aromatic heterocycles. The Morgan fingerprint density at radius 1 is 1.50 bits per heavy atom. The molecule has 1 saturated heterocycles. The first kappa shape index (κ1) is 13.1. The number of amides is 2. The number of hydrogen-bond donors (Lipinski definition) is 1. The molecule has 5 heteroatoms. The highest BCUT2D eigenvalue weighted by molar-refractivity contribution is 7.12. The first-order chi connectivity index (χ1) is 8.56. The third kappa shape index (κ3) is 3.10. The van der Waals surface area contributed by atoms with E-state index in [1.807, 2.05) is 19.1 Å². The molecule has 0 aromatic carbocycles. The lowest BCUT2D eigenvalue weighted by Gasteiger charge is -2.31. The van der Waals surface area contributed by atoms with Gasteiger partial charge in [-0.25, -0.2) is 0 Å². The highest BCUT2D eigenvalue weighted by Crippen LogP contribution is 2.20. The predicted molar refractivity (Wildman–Crippen MR) is 71.3 cm³/mol. The first-order valence-electron chi connectivity index (χ1n) is 6.18. The zero-order chi connectivity index (χ0) is 13.1. The summed E-state index contributed by atoms with van der Waals surface area (Å²) >= 11 is 1.65. The van der Waals surface area contributed by atoms with Crippen LogP contribution >= 0.6 is 11.3 Å². The molecule has 2 N–H and O–H groups in total. The van der Waals surface area contributed by atoms with Crippen molar-refractivity contribution in [3.8, 4) is 0 Å². The van der Waals surface area contributed by atoms with E-state index in [1.54, 1.807) is 16.2 Å². The maximum atomic E-state index is 12.1. The third-order valence-electron chi connectivity index (χ3n) is 3.30. The number of carbonyl (C=O) groups excluding carboxylic acids is 2. The maximum Gasteiger partial charge on any atom is 0.227 e. The average molecular weight is 266 g/mol. The summed E-state index contributed by atoms with van der Waals surface area (Å²) in [6, 6.07) is 4.02. The van der Waals surface area contributed by atoms with E-state index < -0.39 is 0 Å². The van der Waals surface area contributed by atoms with Crippen molar-refractivity contribution in [2.45, 2.75) is 26.2 Å². The van der Waals surface area contributed by atoms with Crippen LogP contribution in [-0.4, -0.2) is 29.8 Å². The number of primary amides is 1. The Bertz CT molecular complexity index is 456. The monoisotopic (exact) mass is 266 g/mol. The van der Waals surface area contributed by atoms with E-state index in [0.717, 1.165) is 24.3 Å². The van der Waals surface area contributed by atoms with Crippen LogP contribution in [0, 0.1) is 12.8 Å². The fraction of sp³-hybridized carbons (Fsp3) is 0.538. The van der Waals surface area contributed by atoms with Crippen molar-refractivity contribution in [1.82, 2.24) is 4.90 Å². The molecule has 0 bridgehead atoms. The summed E-state index contributed by atoms with van der Waals surface area (Å²) in [6.07, 6.45) is 2.10.